The molecule has 8 nitrogen and oxygen atoms in total. The van der Waals surface area contributed by atoms with Crippen LogP contribution in [0.25, 0.3) is 0 Å². The quantitative estimate of drug-likeness (QED) is 0.813. The Hall–Kier alpha value is -2.64. The first-order valence-corrected chi connectivity index (χ1v) is 6.16. The molecule has 2 N–H and O–H groups in total. The molecule has 1 saturated carbocycles. The van der Waals surface area contributed by atoms with Crippen molar-refractivity contribution in [2.45, 2.75) is 19.3 Å². The smallest absolute Gasteiger partial charge is 0.271 e. The summed E-state index contributed by atoms with van der Waals surface area (Å²) in [6, 6.07) is 1.81. The number of H-pyrrole nitrogens is 1. The molecular weight excluding hydrogens is 260 g/mol. The van der Waals surface area contributed by atoms with E-state index in [0.29, 0.717) is 12.2 Å². The number of hydrogen-bond acceptors (Lipinski definition) is 6. The van der Waals surface area contributed by atoms with Gasteiger partial charge in [0.2, 0.25) is 11.9 Å². The summed E-state index contributed by atoms with van der Waals surface area (Å²) in [5.74, 6) is 0.355. The van der Waals surface area contributed by atoms with Crippen LogP contribution in [0.3, 0.4) is 0 Å². The van der Waals surface area contributed by atoms with E-state index >= 15 is 0 Å². The second kappa shape index (κ2) is 4.80. The first-order valence-electron chi connectivity index (χ1n) is 6.16. The minimum absolute atomic E-state index is 0.0262. The van der Waals surface area contributed by atoms with Gasteiger partial charge in [-0.25, -0.2) is 9.97 Å². The molecule has 0 aliphatic heterocycles. The summed E-state index contributed by atoms with van der Waals surface area (Å²) in [5, 5.41) is 9.64. The van der Waals surface area contributed by atoms with Crippen LogP contribution >= 0.6 is 0 Å². The van der Waals surface area contributed by atoms with Crippen molar-refractivity contribution in [1.82, 2.24) is 25.1 Å². The minimum atomic E-state index is -0.412. The number of aromatic amines is 1. The van der Waals surface area contributed by atoms with E-state index in [4.69, 9.17) is 0 Å². The van der Waals surface area contributed by atoms with Gasteiger partial charge in [0.25, 0.3) is 5.56 Å². The van der Waals surface area contributed by atoms with Gasteiger partial charge >= 0.3 is 0 Å². The van der Waals surface area contributed by atoms with Crippen LogP contribution in [0.4, 0.5) is 5.95 Å². The number of nitrogens with one attached hydrogen (secondary N) is 2. The first-order chi connectivity index (χ1) is 9.63. The minimum Gasteiger partial charge on any atom is -0.294 e. The van der Waals surface area contributed by atoms with Crippen LogP contribution in [0.1, 0.15) is 23.9 Å². The van der Waals surface area contributed by atoms with E-state index < -0.39 is 5.56 Å². The Kier molecular flexibility index (Phi) is 2.97. The molecule has 20 heavy (non-hydrogen) atoms. The molecule has 1 aliphatic carbocycles. The molecule has 8 heteroatoms. The van der Waals surface area contributed by atoms with Crippen molar-refractivity contribution in [3.63, 3.8) is 0 Å². The Balaban J connectivity index is 1.67. The summed E-state index contributed by atoms with van der Waals surface area (Å²) in [5.41, 5.74) is 0.462. The van der Waals surface area contributed by atoms with Crippen molar-refractivity contribution in [3.05, 3.63) is 40.3 Å². The Morgan fingerprint density at radius 1 is 1.50 bits per heavy atom. The molecule has 3 rings (SSSR count). The van der Waals surface area contributed by atoms with E-state index in [1.165, 1.54) is 0 Å². The van der Waals surface area contributed by atoms with Crippen LogP contribution in [0.5, 0.6) is 0 Å². The van der Waals surface area contributed by atoms with Gasteiger partial charge in [0.15, 0.2) is 0 Å². The van der Waals surface area contributed by atoms with Gasteiger partial charge in [-0.1, -0.05) is 0 Å². The molecule has 102 valence electrons. The van der Waals surface area contributed by atoms with Gasteiger partial charge in [0, 0.05) is 23.7 Å². The standard InChI is InChI=1S/C12H12N6O2/c1-6-2-3-13-10(15-6)7-4-8(7)11(20)17-12-16-9(19)5-14-18-12/h2-3,5,7-8H,4H2,1H3,(H2,16,17,18,19,20)/t7-,8-/m0/s1. The monoisotopic (exact) mass is 272 g/mol. The van der Waals surface area contributed by atoms with Gasteiger partial charge in [0.05, 0.1) is 0 Å². The second-order valence-electron chi connectivity index (χ2n) is 4.68. The molecule has 0 unspecified atom stereocenters. The lowest BCUT2D eigenvalue weighted by Crippen LogP contribution is -2.20. The van der Waals surface area contributed by atoms with Crippen molar-refractivity contribution in [2.24, 2.45) is 5.92 Å². The van der Waals surface area contributed by atoms with Gasteiger partial charge in [-0.15, -0.1) is 10.2 Å². The molecule has 0 bridgehead atoms. The Labute approximate surface area is 113 Å². The highest BCUT2D eigenvalue weighted by Crippen LogP contribution is 2.46. The third kappa shape index (κ3) is 2.53. The Morgan fingerprint density at radius 3 is 3.10 bits per heavy atom. The summed E-state index contributed by atoms with van der Waals surface area (Å²) < 4.78 is 0. The van der Waals surface area contributed by atoms with Crippen molar-refractivity contribution >= 4 is 11.9 Å². The second-order valence-corrected chi connectivity index (χ2v) is 4.68. The highest BCUT2D eigenvalue weighted by Gasteiger charge is 2.46. The van der Waals surface area contributed by atoms with E-state index in [1.807, 2.05) is 13.0 Å². The van der Waals surface area contributed by atoms with Crippen molar-refractivity contribution in [2.75, 3.05) is 5.32 Å². The molecular formula is C12H12N6O2. The number of carbonyl (C=O) groups is 1. The zero-order valence-electron chi connectivity index (χ0n) is 10.7. The molecule has 2 aromatic rings. The molecule has 1 fully saturated rings. The number of aromatic nitrogens is 5. The maximum Gasteiger partial charge on any atom is 0.271 e. The van der Waals surface area contributed by atoms with Crippen molar-refractivity contribution in [3.8, 4) is 0 Å². The molecule has 1 amide bonds. The normalized spacial score (nSPS) is 20.4. The zero-order valence-corrected chi connectivity index (χ0v) is 10.7. The molecule has 0 radical (unpaired) electrons. The largest absolute Gasteiger partial charge is 0.294 e. The fraction of sp³-hybridized carbons (Fsp3) is 0.333. The SMILES string of the molecule is Cc1ccnc([C@H]2C[C@@H]2C(=O)Nc2nncc(=O)[nH]2)n1. The third-order valence-corrected chi connectivity index (χ3v) is 3.09. The van der Waals surface area contributed by atoms with Gasteiger partial charge in [-0.2, -0.15) is 0 Å². The van der Waals surface area contributed by atoms with Crippen molar-refractivity contribution in [1.29, 1.82) is 0 Å². The van der Waals surface area contributed by atoms with Gasteiger partial charge in [0.1, 0.15) is 12.0 Å². The maximum absolute atomic E-state index is 12.0. The highest BCUT2D eigenvalue weighted by atomic mass is 16.2. The summed E-state index contributed by atoms with van der Waals surface area (Å²) >= 11 is 0. The predicted octanol–water partition coefficient (Wildman–Crippen LogP) is 0.00552. The fourth-order valence-corrected chi connectivity index (χ4v) is 2.00. The predicted molar refractivity (Wildman–Crippen MR) is 68.9 cm³/mol. The molecule has 2 atom stereocenters. The number of anilines is 1. The molecule has 2 heterocycles. The van der Waals surface area contributed by atoms with E-state index in [9.17, 15) is 9.59 Å². The van der Waals surface area contributed by atoms with Gasteiger partial charge in [-0.05, 0) is 19.4 Å². The zero-order chi connectivity index (χ0) is 14.1. The van der Waals surface area contributed by atoms with Gasteiger partial charge in [-0.3, -0.25) is 19.9 Å². The number of amides is 1. The molecule has 2 aromatic heterocycles. The lowest BCUT2D eigenvalue weighted by molar-refractivity contribution is -0.117. The highest BCUT2D eigenvalue weighted by molar-refractivity contribution is 5.93. The lowest BCUT2D eigenvalue weighted by atomic mass is 10.2. The van der Waals surface area contributed by atoms with Crippen molar-refractivity contribution < 1.29 is 4.79 Å². The van der Waals surface area contributed by atoms with Crippen LogP contribution in [0, 0.1) is 12.8 Å². The Bertz CT molecular complexity index is 713. The van der Waals surface area contributed by atoms with Crippen LogP contribution in [0.2, 0.25) is 0 Å². The number of nitrogens with zero attached hydrogens (tertiary/aromatic N) is 4. The lowest BCUT2D eigenvalue weighted by Gasteiger charge is -2.02. The third-order valence-electron chi connectivity index (χ3n) is 3.09. The molecule has 0 aromatic carbocycles. The van der Waals surface area contributed by atoms with Crippen LogP contribution < -0.4 is 10.9 Å². The Morgan fingerprint density at radius 2 is 2.35 bits per heavy atom. The number of aryl methyl sites for hydroxylation is 1. The topological polar surface area (TPSA) is 114 Å². The summed E-state index contributed by atoms with van der Waals surface area (Å²) in [6.45, 7) is 1.88. The maximum atomic E-state index is 12.0. The molecule has 1 aliphatic rings. The van der Waals surface area contributed by atoms with Crippen LogP contribution in [0.15, 0.2) is 23.3 Å². The van der Waals surface area contributed by atoms with Crippen LogP contribution in [-0.2, 0) is 4.79 Å². The average Bonchev–Trinajstić information content (AvgIpc) is 3.19. The molecule has 0 saturated heterocycles. The van der Waals surface area contributed by atoms with Crippen LogP contribution in [-0.4, -0.2) is 31.1 Å². The number of hydrogen-bond donors (Lipinski definition) is 2. The summed E-state index contributed by atoms with van der Waals surface area (Å²) in [4.78, 5) is 33.9. The molecule has 0 spiro atoms. The number of carbonyl (C=O) groups excluding carboxylic acids is 1. The van der Waals surface area contributed by atoms with E-state index in [0.717, 1.165) is 11.9 Å². The number of rotatable bonds is 3. The summed E-state index contributed by atoms with van der Waals surface area (Å²) in [7, 11) is 0. The fourth-order valence-electron chi connectivity index (χ4n) is 2.00. The van der Waals surface area contributed by atoms with E-state index in [2.05, 4.69) is 30.5 Å². The summed E-state index contributed by atoms with van der Waals surface area (Å²) in [6.07, 6.45) is 3.42. The first kappa shape index (κ1) is 12.4. The van der Waals surface area contributed by atoms with Gasteiger partial charge < -0.3 is 0 Å². The van der Waals surface area contributed by atoms with E-state index in [-0.39, 0.29) is 23.7 Å². The van der Waals surface area contributed by atoms with E-state index in [1.54, 1.807) is 6.20 Å². The average molecular weight is 272 g/mol.